The molecule has 0 spiro atoms. The first-order valence-corrected chi connectivity index (χ1v) is 5.49. The van der Waals surface area contributed by atoms with E-state index in [1.165, 1.54) is 4.90 Å². The molecule has 0 bridgehead atoms. The second-order valence-corrected chi connectivity index (χ2v) is 4.45. The molecule has 1 rings (SSSR count). The number of carbonyl (C=O) groups is 1. The smallest absolute Gasteiger partial charge is 0.317 e. The Morgan fingerprint density at radius 2 is 1.94 bits per heavy atom. The van der Waals surface area contributed by atoms with E-state index in [1.54, 1.807) is 14.1 Å². The fourth-order valence-corrected chi connectivity index (χ4v) is 2.01. The molecular formula is C10H20N4O2. The Kier molecular flexibility index (Phi) is 3.98. The van der Waals surface area contributed by atoms with Crippen LogP contribution >= 0.6 is 0 Å². The zero-order valence-corrected chi connectivity index (χ0v) is 9.86. The van der Waals surface area contributed by atoms with E-state index >= 15 is 0 Å². The van der Waals surface area contributed by atoms with Gasteiger partial charge in [0.1, 0.15) is 5.54 Å². The van der Waals surface area contributed by atoms with Gasteiger partial charge < -0.3 is 21.2 Å². The number of nitrogens with two attached hydrogens (primary N) is 1. The topological polar surface area (TPSA) is 91.0 Å². The van der Waals surface area contributed by atoms with Crippen molar-refractivity contribution in [2.24, 2.45) is 10.9 Å². The summed E-state index contributed by atoms with van der Waals surface area (Å²) in [6.07, 6.45) is 4.52. The van der Waals surface area contributed by atoms with Gasteiger partial charge in [-0.1, -0.05) is 24.4 Å². The third-order valence-corrected chi connectivity index (χ3v) is 3.06. The van der Waals surface area contributed by atoms with Gasteiger partial charge in [-0.3, -0.25) is 0 Å². The molecule has 0 aliphatic heterocycles. The van der Waals surface area contributed by atoms with Crippen molar-refractivity contribution >= 4 is 11.9 Å². The number of rotatable bonds is 2. The highest BCUT2D eigenvalue weighted by molar-refractivity contribution is 5.93. The molecule has 2 amide bonds. The number of nitrogens with one attached hydrogen (secondary N) is 1. The van der Waals surface area contributed by atoms with Crippen molar-refractivity contribution in [3.63, 3.8) is 0 Å². The molecule has 0 radical (unpaired) electrons. The van der Waals surface area contributed by atoms with E-state index in [1.807, 2.05) is 0 Å². The van der Waals surface area contributed by atoms with Crippen LogP contribution in [0.5, 0.6) is 0 Å². The quantitative estimate of drug-likeness (QED) is 0.281. The van der Waals surface area contributed by atoms with E-state index in [-0.39, 0.29) is 11.9 Å². The van der Waals surface area contributed by atoms with Gasteiger partial charge in [0.05, 0.1) is 0 Å². The maximum Gasteiger partial charge on any atom is 0.317 e. The van der Waals surface area contributed by atoms with Crippen LogP contribution in [0.1, 0.15) is 32.1 Å². The summed E-state index contributed by atoms with van der Waals surface area (Å²) >= 11 is 0. The number of hydrogen-bond donors (Lipinski definition) is 3. The number of amidine groups is 1. The minimum Gasteiger partial charge on any atom is -0.409 e. The third kappa shape index (κ3) is 2.56. The summed E-state index contributed by atoms with van der Waals surface area (Å²) in [6.45, 7) is 0. The summed E-state index contributed by atoms with van der Waals surface area (Å²) < 4.78 is 0. The van der Waals surface area contributed by atoms with Gasteiger partial charge in [0, 0.05) is 14.1 Å². The molecule has 0 aromatic rings. The lowest BCUT2D eigenvalue weighted by molar-refractivity contribution is 0.199. The van der Waals surface area contributed by atoms with Crippen LogP contribution in [-0.2, 0) is 0 Å². The summed E-state index contributed by atoms with van der Waals surface area (Å²) in [5.41, 5.74) is 5.03. The number of oxime groups is 1. The second kappa shape index (κ2) is 5.05. The van der Waals surface area contributed by atoms with Crippen molar-refractivity contribution in [2.45, 2.75) is 37.6 Å². The minimum atomic E-state index is -0.672. The Morgan fingerprint density at radius 3 is 2.38 bits per heavy atom. The Labute approximate surface area is 95.5 Å². The first-order chi connectivity index (χ1) is 7.52. The highest BCUT2D eigenvalue weighted by Gasteiger charge is 2.38. The lowest BCUT2D eigenvalue weighted by atomic mass is 9.81. The number of hydrogen-bond acceptors (Lipinski definition) is 3. The van der Waals surface area contributed by atoms with Crippen molar-refractivity contribution in [1.82, 2.24) is 10.2 Å². The van der Waals surface area contributed by atoms with Crippen LogP contribution in [0.15, 0.2) is 5.16 Å². The summed E-state index contributed by atoms with van der Waals surface area (Å²) in [5, 5.41) is 14.7. The van der Waals surface area contributed by atoms with Crippen molar-refractivity contribution in [3.05, 3.63) is 0 Å². The van der Waals surface area contributed by atoms with Crippen LogP contribution in [0, 0.1) is 0 Å². The maximum absolute atomic E-state index is 11.7. The van der Waals surface area contributed by atoms with E-state index < -0.39 is 5.54 Å². The fraction of sp³-hybridized carbons (Fsp3) is 0.800. The van der Waals surface area contributed by atoms with Gasteiger partial charge in [0.2, 0.25) is 0 Å². The Morgan fingerprint density at radius 1 is 1.38 bits per heavy atom. The third-order valence-electron chi connectivity index (χ3n) is 3.06. The molecule has 6 nitrogen and oxygen atoms in total. The van der Waals surface area contributed by atoms with Crippen LogP contribution < -0.4 is 11.1 Å². The summed E-state index contributed by atoms with van der Waals surface area (Å²) in [4.78, 5) is 13.1. The van der Waals surface area contributed by atoms with Crippen molar-refractivity contribution in [2.75, 3.05) is 14.1 Å². The second-order valence-electron chi connectivity index (χ2n) is 4.45. The average molecular weight is 228 g/mol. The predicted molar refractivity (Wildman–Crippen MR) is 61.4 cm³/mol. The highest BCUT2D eigenvalue weighted by Crippen LogP contribution is 2.28. The standard InChI is InChI=1S/C10H20N4O2/c1-14(2)9(15)12-10(8(11)13-16)6-4-3-5-7-10/h16H,3-7H2,1-2H3,(H2,11,13)(H,12,15). The largest absolute Gasteiger partial charge is 0.409 e. The van der Waals surface area contributed by atoms with Crippen LogP contribution in [0.25, 0.3) is 0 Å². The van der Waals surface area contributed by atoms with Gasteiger partial charge in [0.25, 0.3) is 0 Å². The van der Waals surface area contributed by atoms with E-state index in [9.17, 15) is 4.79 Å². The van der Waals surface area contributed by atoms with E-state index in [0.29, 0.717) is 0 Å². The molecule has 1 saturated carbocycles. The summed E-state index contributed by atoms with van der Waals surface area (Å²) in [5.74, 6) is 0.0994. The zero-order chi connectivity index (χ0) is 12.2. The molecule has 0 atom stereocenters. The predicted octanol–water partition coefficient (Wildman–Crippen LogP) is 0.707. The first kappa shape index (κ1) is 12.6. The van der Waals surface area contributed by atoms with Crippen molar-refractivity contribution in [1.29, 1.82) is 0 Å². The number of amides is 2. The summed E-state index contributed by atoms with van der Waals surface area (Å²) in [7, 11) is 3.33. The van der Waals surface area contributed by atoms with Gasteiger partial charge in [-0.2, -0.15) is 0 Å². The molecule has 1 aliphatic rings. The number of carbonyl (C=O) groups excluding carboxylic acids is 1. The van der Waals surface area contributed by atoms with Crippen LogP contribution in [-0.4, -0.2) is 41.6 Å². The monoisotopic (exact) mass is 228 g/mol. The normalized spacial score (nSPS) is 20.2. The zero-order valence-electron chi connectivity index (χ0n) is 9.86. The van der Waals surface area contributed by atoms with Gasteiger partial charge in [0.15, 0.2) is 5.84 Å². The van der Waals surface area contributed by atoms with Gasteiger partial charge in [-0.25, -0.2) is 4.79 Å². The molecule has 1 aliphatic carbocycles. The highest BCUT2D eigenvalue weighted by atomic mass is 16.4. The minimum absolute atomic E-state index is 0.0994. The fourth-order valence-electron chi connectivity index (χ4n) is 2.01. The first-order valence-electron chi connectivity index (χ1n) is 5.49. The van der Waals surface area contributed by atoms with E-state index in [2.05, 4.69) is 10.5 Å². The summed E-state index contributed by atoms with van der Waals surface area (Å²) in [6, 6.07) is -0.214. The lowest BCUT2D eigenvalue weighted by Gasteiger charge is -2.37. The Bertz CT molecular complexity index is 283. The molecule has 1 fully saturated rings. The maximum atomic E-state index is 11.7. The molecule has 0 aromatic carbocycles. The van der Waals surface area contributed by atoms with Crippen molar-refractivity contribution < 1.29 is 10.0 Å². The van der Waals surface area contributed by atoms with Crippen LogP contribution in [0.4, 0.5) is 4.79 Å². The van der Waals surface area contributed by atoms with Gasteiger partial charge in [-0.05, 0) is 12.8 Å². The van der Waals surface area contributed by atoms with E-state index in [4.69, 9.17) is 10.9 Å². The number of urea groups is 1. The molecule has 0 saturated heterocycles. The van der Waals surface area contributed by atoms with Crippen molar-refractivity contribution in [3.8, 4) is 0 Å². The molecular weight excluding hydrogens is 208 g/mol. The van der Waals surface area contributed by atoms with Gasteiger partial charge >= 0.3 is 6.03 Å². The van der Waals surface area contributed by atoms with Crippen LogP contribution in [0.3, 0.4) is 0 Å². The average Bonchev–Trinajstić information content (AvgIpc) is 2.29. The lowest BCUT2D eigenvalue weighted by Crippen LogP contribution is -2.60. The SMILES string of the molecule is CN(C)C(=O)NC1(C(N)=NO)CCCCC1. The molecule has 0 unspecified atom stereocenters. The number of nitrogens with zero attached hydrogens (tertiary/aromatic N) is 2. The molecule has 4 N–H and O–H groups in total. The molecule has 16 heavy (non-hydrogen) atoms. The van der Waals surface area contributed by atoms with E-state index in [0.717, 1.165) is 32.1 Å². The molecule has 0 aromatic heterocycles. The molecule has 92 valence electrons. The Hall–Kier alpha value is -1.46. The molecule has 6 heteroatoms. The molecule has 0 heterocycles. The van der Waals surface area contributed by atoms with Gasteiger partial charge in [-0.15, -0.1) is 0 Å². The van der Waals surface area contributed by atoms with Crippen LogP contribution in [0.2, 0.25) is 0 Å². The Balaban J connectivity index is 2.82.